The number of rotatable bonds is 4. The van der Waals surface area contributed by atoms with Gasteiger partial charge >= 0.3 is 5.97 Å². The van der Waals surface area contributed by atoms with E-state index in [2.05, 4.69) is 15.3 Å². The summed E-state index contributed by atoms with van der Waals surface area (Å²) < 4.78 is 13.5. The standard InChI is InChI=1S/C12H9ClFN3O2/c13-7-1-2-10(9(14)3-7)16-5-11-8(12(18)19)4-15-6-17-11/h1-4,6,16H,5H2,(H,18,19). The Hall–Kier alpha value is -2.21. The molecule has 0 amide bonds. The molecule has 19 heavy (non-hydrogen) atoms. The summed E-state index contributed by atoms with van der Waals surface area (Å²) in [6.07, 6.45) is 2.44. The number of aromatic nitrogens is 2. The molecule has 0 aliphatic rings. The number of nitrogens with zero attached hydrogens (tertiary/aromatic N) is 2. The van der Waals surface area contributed by atoms with E-state index in [1.807, 2.05) is 0 Å². The molecule has 0 unspecified atom stereocenters. The zero-order valence-electron chi connectivity index (χ0n) is 9.60. The van der Waals surface area contributed by atoms with Crippen LogP contribution in [-0.4, -0.2) is 21.0 Å². The van der Waals surface area contributed by atoms with Crippen LogP contribution in [0.2, 0.25) is 5.02 Å². The number of carboxylic acid groups (broad SMARTS) is 1. The summed E-state index contributed by atoms with van der Waals surface area (Å²) in [4.78, 5) is 18.4. The maximum atomic E-state index is 13.5. The Labute approximate surface area is 113 Å². The van der Waals surface area contributed by atoms with Crippen LogP contribution in [0.5, 0.6) is 0 Å². The molecule has 1 heterocycles. The first-order valence-corrected chi connectivity index (χ1v) is 5.67. The van der Waals surface area contributed by atoms with E-state index in [0.717, 1.165) is 0 Å². The van der Waals surface area contributed by atoms with Crippen LogP contribution in [-0.2, 0) is 6.54 Å². The summed E-state index contributed by atoms with van der Waals surface area (Å²) in [7, 11) is 0. The van der Waals surface area contributed by atoms with Gasteiger partial charge in [0.15, 0.2) is 0 Å². The number of benzene rings is 1. The fourth-order valence-corrected chi connectivity index (χ4v) is 1.65. The van der Waals surface area contributed by atoms with Crippen molar-refractivity contribution in [3.8, 4) is 0 Å². The molecule has 0 aliphatic carbocycles. The van der Waals surface area contributed by atoms with Gasteiger partial charge in [0.2, 0.25) is 0 Å². The van der Waals surface area contributed by atoms with Gasteiger partial charge < -0.3 is 10.4 Å². The Morgan fingerprint density at radius 1 is 1.47 bits per heavy atom. The molecular formula is C12H9ClFN3O2. The molecule has 1 aromatic heterocycles. The van der Waals surface area contributed by atoms with Gasteiger partial charge in [0, 0.05) is 11.2 Å². The largest absolute Gasteiger partial charge is 0.478 e. The molecule has 0 aliphatic heterocycles. The van der Waals surface area contributed by atoms with Crippen LogP contribution in [0.1, 0.15) is 16.1 Å². The monoisotopic (exact) mass is 281 g/mol. The third-order valence-corrected chi connectivity index (χ3v) is 2.64. The van der Waals surface area contributed by atoms with Crippen molar-refractivity contribution in [2.24, 2.45) is 0 Å². The molecule has 2 N–H and O–H groups in total. The predicted octanol–water partition coefficient (Wildman–Crippen LogP) is 2.58. The predicted molar refractivity (Wildman–Crippen MR) is 67.7 cm³/mol. The number of hydrogen-bond acceptors (Lipinski definition) is 4. The molecule has 0 fully saturated rings. The molecule has 5 nitrogen and oxygen atoms in total. The van der Waals surface area contributed by atoms with E-state index in [4.69, 9.17) is 16.7 Å². The van der Waals surface area contributed by atoms with E-state index in [-0.39, 0.29) is 28.5 Å². The van der Waals surface area contributed by atoms with Crippen LogP contribution in [0.25, 0.3) is 0 Å². The number of nitrogens with one attached hydrogen (secondary N) is 1. The number of carbonyl (C=O) groups is 1. The van der Waals surface area contributed by atoms with Crippen molar-refractivity contribution in [3.05, 3.63) is 52.8 Å². The zero-order chi connectivity index (χ0) is 13.8. The van der Waals surface area contributed by atoms with Crippen molar-refractivity contribution >= 4 is 23.3 Å². The molecule has 0 radical (unpaired) electrons. The van der Waals surface area contributed by atoms with E-state index in [1.165, 1.54) is 30.7 Å². The van der Waals surface area contributed by atoms with E-state index in [1.54, 1.807) is 0 Å². The Kier molecular flexibility index (Phi) is 3.91. The summed E-state index contributed by atoms with van der Waals surface area (Å²) >= 11 is 5.63. The quantitative estimate of drug-likeness (QED) is 0.901. The highest BCUT2D eigenvalue weighted by Crippen LogP contribution is 2.19. The van der Waals surface area contributed by atoms with E-state index in [0.29, 0.717) is 0 Å². The Morgan fingerprint density at radius 2 is 2.26 bits per heavy atom. The van der Waals surface area contributed by atoms with Gasteiger partial charge in [-0.2, -0.15) is 0 Å². The topological polar surface area (TPSA) is 75.1 Å². The van der Waals surface area contributed by atoms with Gasteiger partial charge in [-0.1, -0.05) is 11.6 Å². The van der Waals surface area contributed by atoms with Gasteiger partial charge in [-0.25, -0.2) is 19.2 Å². The second-order valence-corrected chi connectivity index (χ2v) is 4.10. The summed E-state index contributed by atoms with van der Waals surface area (Å²) in [6.45, 7) is 0.0721. The molecule has 0 saturated heterocycles. The molecule has 2 aromatic rings. The number of anilines is 1. The average Bonchev–Trinajstić information content (AvgIpc) is 2.38. The maximum absolute atomic E-state index is 13.5. The van der Waals surface area contributed by atoms with Crippen LogP contribution in [0, 0.1) is 5.82 Å². The van der Waals surface area contributed by atoms with E-state index in [9.17, 15) is 9.18 Å². The lowest BCUT2D eigenvalue weighted by atomic mass is 10.2. The lowest BCUT2D eigenvalue weighted by molar-refractivity contribution is 0.0694. The highest BCUT2D eigenvalue weighted by molar-refractivity contribution is 6.30. The van der Waals surface area contributed by atoms with Crippen molar-refractivity contribution in [1.82, 2.24) is 9.97 Å². The Bertz CT molecular complexity index is 622. The van der Waals surface area contributed by atoms with Crippen molar-refractivity contribution in [2.45, 2.75) is 6.54 Å². The van der Waals surface area contributed by atoms with Crippen LogP contribution in [0.4, 0.5) is 10.1 Å². The van der Waals surface area contributed by atoms with Crippen LogP contribution in [0.3, 0.4) is 0 Å². The first-order valence-electron chi connectivity index (χ1n) is 5.29. The second-order valence-electron chi connectivity index (χ2n) is 3.67. The van der Waals surface area contributed by atoms with Crippen molar-refractivity contribution in [1.29, 1.82) is 0 Å². The molecule has 0 bridgehead atoms. The number of aromatic carboxylic acids is 1. The highest BCUT2D eigenvalue weighted by atomic mass is 35.5. The third kappa shape index (κ3) is 3.17. The van der Waals surface area contributed by atoms with E-state index < -0.39 is 11.8 Å². The molecule has 0 atom stereocenters. The smallest absolute Gasteiger partial charge is 0.339 e. The second kappa shape index (κ2) is 5.62. The molecular weight excluding hydrogens is 273 g/mol. The normalized spacial score (nSPS) is 10.2. The van der Waals surface area contributed by atoms with Gasteiger partial charge in [-0.05, 0) is 18.2 Å². The summed E-state index contributed by atoms with van der Waals surface area (Å²) in [5, 5.41) is 12.0. The van der Waals surface area contributed by atoms with Gasteiger partial charge in [0.05, 0.1) is 17.9 Å². The Balaban J connectivity index is 2.17. The summed E-state index contributed by atoms with van der Waals surface area (Å²) in [5.41, 5.74) is 0.473. The fraction of sp³-hybridized carbons (Fsp3) is 0.0833. The highest BCUT2D eigenvalue weighted by Gasteiger charge is 2.11. The minimum atomic E-state index is -1.13. The molecule has 0 spiro atoms. The van der Waals surface area contributed by atoms with E-state index >= 15 is 0 Å². The van der Waals surface area contributed by atoms with Gasteiger partial charge in [0.25, 0.3) is 0 Å². The van der Waals surface area contributed by atoms with Crippen LogP contribution < -0.4 is 5.32 Å². The summed E-state index contributed by atoms with van der Waals surface area (Å²) in [6, 6.07) is 4.17. The molecule has 1 aromatic carbocycles. The number of hydrogen-bond donors (Lipinski definition) is 2. The first-order chi connectivity index (χ1) is 9.08. The third-order valence-electron chi connectivity index (χ3n) is 2.40. The van der Waals surface area contributed by atoms with Crippen LogP contribution in [0.15, 0.2) is 30.7 Å². The Morgan fingerprint density at radius 3 is 2.95 bits per heavy atom. The lowest BCUT2D eigenvalue weighted by Crippen LogP contribution is -2.10. The molecule has 7 heteroatoms. The van der Waals surface area contributed by atoms with Crippen molar-refractivity contribution < 1.29 is 14.3 Å². The lowest BCUT2D eigenvalue weighted by Gasteiger charge is -2.08. The minimum absolute atomic E-state index is 0.0237. The summed E-state index contributed by atoms with van der Waals surface area (Å²) in [5.74, 6) is -1.65. The van der Waals surface area contributed by atoms with Crippen molar-refractivity contribution in [2.75, 3.05) is 5.32 Å². The van der Waals surface area contributed by atoms with Gasteiger partial charge in [-0.3, -0.25) is 0 Å². The first kappa shape index (κ1) is 13.2. The van der Waals surface area contributed by atoms with Gasteiger partial charge in [-0.15, -0.1) is 0 Å². The maximum Gasteiger partial charge on any atom is 0.339 e. The molecule has 2 rings (SSSR count). The molecule has 98 valence electrons. The fourth-order valence-electron chi connectivity index (χ4n) is 1.49. The SMILES string of the molecule is O=C(O)c1cncnc1CNc1ccc(Cl)cc1F. The van der Waals surface area contributed by atoms with Crippen molar-refractivity contribution in [3.63, 3.8) is 0 Å². The average molecular weight is 282 g/mol. The number of carboxylic acids is 1. The minimum Gasteiger partial charge on any atom is -0.478 e. The van der Waals surface area contributed by atoms with Crippen LogP contribution >= 0.6 is 11.6 Å². The van der Waals surface area contributed by atoms with Gasteiger partial charge in [0.1, 0.15) is 17.7 Å². The number of halogens is 2. The zero-order valence-corrected chi connectivity index (χ0v) is 10.4. The molecule has 0 saturated carbocycles.